The fourth-order valence-electron chi connectivity index (χ4n) is 3.57. The van der Waals surface area contributed by atoms with E-state index in [1.54, 1.807) is 19.1 Å². The molecule has 0 fully saturated rings. The molecular formula is C25H31N3O4S. The van der Waals surface area contributed by atoms with Gasteiger partial charge in [-0.05, 0) is 70.2 Å². The standard InChI is InChI=1S/C25H31N3O4S/c1-5-27(6-2)20-12-9-18(10-13-20)23(29)26-25-28(15-16-31-7-3)21-14-11-19(17-22(21)33-25)24(30)32-8-4/h9-14,17H,5-8,15-16H2,1-4H3. The number of esters is 1. The van der Waals surface area contributed by atoms with E-state index in [9.17, 15) is 9.59 Å². The van der Waals surface area contributed by atoms with Crippen molar-refractivity contribution in [2.24, 2.45) is 4.99 Å². The minimum atomic E-state index is -0.364. The fourth-order valence-corrected chi connectivity index (χ4v) is 4.66. The van der Waals surface area contributed by atoms with Crippen LogP contribution in [0.3, 0.4) is 0 Å². The Morgan fingerprint density at radius 3 is 2.30 bits per heavy atom. The van der Waals surface area contributed by atoms with Crippen molar-refractivity contribution in [3.05, 3.63) is 58.4 Å². The number of aromatic nitrogens is 1. The highest BCUT2D eigenvalue weighted by atomic mass is 32.1. The van der Waals surface area contributed by atoms with Crippen molar-refractivity contribution < 1.29 is 19.1 Å². The van der Waals surface area contributed by atoms with Crippen LogP contribution in [0, 0.1) is 0 Å². The highest BCUT2D eigenvalue weighted by Crippen LogP contribution is 2.21. The molecular weight excluding hydrogens is 438 g/mol. The van der Waals surface area contributed by atoms with Gasteiger partial charge in [0.05, 0.1) is 29.0 Å². The number of anilines is 1. The first-order valence-electron chi connectivity index (χ1n) is 11.3. The molecule has 0 atom stereocenters. The Bertz CT molecular complexity index is 1160. The normalized spacial score (nSPS) is 11.7. The number of fused-ring (bicyclic) bond motifs is 1. The van der Waals surface area contributed by atoms with Crippen LogP contribution in [-0.4, -0.2) is 49.4 Å². The second kappa shape index (κ2) is 11.8. The quantitative estimate of drug-likeness (QED) is 0.323. The van der Waals surface area contributed by atoms with Gasteiger partial charge in [-0.1, -0.05) is 11.3 Å². The number of rotatable bonds is 10. The number of carbonyl (C=O) groups is 2. The Hall–Kier alpha value is -2.97. The summed E-state index contributed by atoms with van der Waals surface area (Å²) in [5.74, 6) is -0.667. The molecule has 3 aromatic rings. The van der Waals surface area contributed by atoms with Crippen LogP contribution in [0.15, 0.2) is 47.5 Å². The molecule has 8 heteroatoms. The van der Waals surface area contributed by atoms with Gasteiger partial charge in [0.2, 0.25) is 0 Å². The minimum absolute atomic E-state index is 0.302. The van der Waals surface area contributed by atoms with Crippen LogP contribution in [0.25, 0.3) is 10.2 Å². The maximum Gasteiger partial charge on any atom is 0.338 e. The number of amides is 1. The predicted molar refractivity (Wildman–Crippen MR) is 132 cm³/mol. The van der Waals surface area contributed by atoms with Crippen molar-refractivity contribution in [3.8, 4) is 0 Å². The van der Waals surface area contributed by atoms with Crippen LogP contribution >= 0.6 is 11.3 Å². The zero-order valence-electron chi connectivity index (χ0n) is 19.7. The number of ether oxygens (including phenoxy) is 2. The number of thiazole rings is 1. The third kappa shape index (κ3) is 5.89. The summed E-state index contributed by atoms with van der Waals surface area (Å²) in [6.07, 6.45) is 0. The van der Waals surface area contributed by atoms with Crippen molar-refractivity contribution in [3.63, 3.8) is 0 Å². The van der Waals surface area contributed by atoms with E-state index in [4.69, 9.17) is 9.47 Å². The maximum absolute atomic E-state index is 13.0. The number of nitrogens with zero attached hydrogens (tertiary/aromatic N) is 3. The third-order valence-electron chi connectivity index (χ3n) is 5.30. The zero-order chi connectivity index (χ0) is 23.8. The first-order valence-corrected chi connectivity index (χ1v) is 12.2. The molecule has 0 bridgehead atoms. The van der Waals surface area contributed by atoms with Gasteiger partial charge in [0.25, 0.3) is 5.91 Å². The Morgan fingerprint density at radius 2 is 1.67 bits per heavy atom. The summed E-state index contributed by atoms with van der Waals surface area (Å²) in [6.45, 7) is 11.7. The van der Waals surface area contributed by atoms with Crippen molar-refractivity contribution in [2.45, 2.75) is 34.2 Å². The minimum Gasteiger partial charge on any atom is -0.462 e. The topological polar surface area (TPSA) is 73.1 Å². The van der Waals surface area contributed by atoms with E-state index < -0.39 is 0 Å². The molecule has 0 aliphatic heterocycles. The van der Waals surface area contributed by atoms with Crippen LogP contribution in [0.4, 0.5) is 5.69 Å². The molecule has 0 aliphatic carbocycles. The van der Waals surface area contributed by atoms with E-state index in [-0.39, 0.29) is 11.9 Å². The molecule has 0 spiro atoms. The Balaban J connectivity index is 1.98. The molecule has 0 radical (unpaired) electrons. The fraction of sp³-hybridized carbons (Fsp3) is 0.400. The zero-order valence-corrected chi connectivity index (χ0v) is 20.5. The van der Waals surface area contributed by atoms with Crippen LogP contribution in [0.2, 0.25) is 0 Å². The van der Waals surface area contributed by atoms with Crippen molar-refractivity contribution in [1.82, 2.24) is 4.57 Å². The number of carbonyl (C=O) groups excluding carboxylic acids is 2. The average molecular weight is 470 g/mol. The van der Waals surface area contributed by atoms with Crippen molar-refractivity contribution >= 4 is 39.1 Å². The van der Waals surface area contributed by atoms with Gasteiger partial charge >= 0.3 is 5.97 Å². The third-order valence-corrected chi connectivity index (χ3v) is 6.34. The monoisotopic (exact) mass is 469 g/mol. The number of hydrogen-bond donors (Lipinski definition) is 0. The van der Waals surface area contributed by atoms with E-state index >= 15 is 0 Å². The summed E-state index contributed by atoms with van der Waals surface area (Å²) < 4.78 is 13.5. The highest BCUT2D eigenvalue weighted by molar-refractivity contribution is 7.16. The lowest BCUT2D eigenvalue weighted by Gasteiger charge is -2.20. The van der Waals surface area contributed by atoms with Crippen LogP contribution < -0.4 is 9.70 Å². The first kappa shape index (κ1) is 24.7. The molecule has 0 saturated heterocycles. The lowest BCUT2D eigenvalue weighted by Crippen LogP contribution is -2.21. The van der Waals surface area contributed by atoms with Gasteiger partial charge in [0.15, 0.2) is 4.80 Å². The molecule has 0 aliphatic rings. The van der Waals surface area contributed by atoms with Crippen molar-refractivity contribution in [2.75, 3.05) is 37.8 Å². The molecule has 0 N–H and O–H groups in total. The molecule has 0 saturated carbocycles. The summed E-state index contributed by atoms with van der Waals surface area (Å²) in [4.78, 5) is 32.3. The molecule has 2 aromatic carbocycles. The lowest BCUT2D eigenvalue weighted by atomic mass is 10.2. The number of hydrogen-bond acceptors (Lipinski definition) is 6. The summed E-state index contributed by atoms with van der Waals surface area (Å²) >= 11 is 1.37. The van der Waals surface area contributed by atoms with E-state index in [0.717, 1.165) is 29.0 Å². The van der Waals surface area contributed by atoms with Crippen molar-refractivity contribution in [1.29, 1.82) is 0 Å². The van der Waals surface area contributed by atoms with Gasteiger partial charge in [-0.3, -0.25) is 4.79 Å². The Kier molecular flexibility index (Phi) is 8.79. The van der Waals surface area contributed by atoms with Crippen LogP contribution in [0.1, 0.15) is 48.4 Å². The van der Waals surface area contributed by atoms with Gasteiger partial charge in [-0.15, -0.1) is 0 Å². The van der Waals surface area contributed by atoms with E-state index in [1.165, 1.54) is 11.3 Å². The summed E-state index contributed by atoms with van der Waals surface area (Å²) in [7, 11) is 0. The predicted octanol–water partition coefficient (Wildman–Crippen LogP) is 4.50. The molecule has 33 heavy (non-hydrogen) atoms. The Morgan fingerprint density at radius 1 is 0.970 bits per heavy atom. The Labute approximate surface area is 198 Å². The summed E-state index contributed by atoms with van der Waals surface area (Å²) in [5, 5.41) is 0. The van der Waals surface area contributed by atoms with E-state index in [1.807, 2.05) is 41.8 Å². The summed E-state index contributed by atoms with van der Waals surface area (Å²) in [6, 6.07) is 12.9. The van der Waals surface area contributed by atoms with E-state index in [0.29, 0.717) is 42.3 Å². The molecule has 176 valence electrons. The second-order valence-electron chi connectivity index (χ2n) is 7.27. The molecule has 7 nitrogen and oxygen atoms in total. The SMILES string of the molecule is CCOCCn1c(=NC(=O)c2ccc(N(CC)CC)cc2)sc2cc(C(=O)OCC)ccc21. The molecule has 1 aromatic heterocycles. The maximum atomic E-state index is 13.0. The second-order valence-corrected chi connectivity index (χ2v) is 8.28. The van der Waals surface area contributed by atoms with Gasteiger partial charge in [0.1, 0.15) is 0 Å². The van der Waals surface area contributed by atoms with Gasteiger partial charge < -0.3 is 18.9 Å². The van der Waals surface area contributed by atoms with E-state index in [2.05, 4.69) is 23.7 Å². The van der Waals surface area contributed by atoms with Gasteiger partial charge in [0, 0.05) is 37.5 Å². The highest BCUT2D eigenvalue weighted by Gasteiger charge is 2.13. The number of benzene rings is 2. The van der Waals surface area contributed by atoms with Crippen LogP contribution in [0.5, 0.6) is 0 Å². The molecule has 0 unspecified atom stereocenters. The van der Waals surface area contributed by atoms with Gasteiger partial charge in [-0.2, -0.15) is 4.99 Å². The molecule has 1 amide bonds. The van der Waals surface area contributed by atoms with Gasteiger partial charge in [-0.25, -0.2) is 4.79 Å². The summed E-state index contributed by atoms with van der Waals surface area (Å²) in [5.41, 5.74) is 2.99. The van der Waals surface area contributed by atoms with Crippen LogP contribution in [-0.2, 0) is 16.0 Å². The molecule has 3 rings (SSSR count). The first-order chi connectivity index (χ1) is 16.0. The smallest absolute Gasteiger partial charge is 0.338 e. The average Bonchev–Trinajstić information content (AvgIpc) is 3.16. The lowest BCUT2D eigenvalue weighted by molar-refractivity contribution is 0.0526. The largest absolute Gasteiger partial charge is 0.462 e. The molecule has 1 heterocycles.